The van der Waals surface area contributed by atoms with Crippen molar-refractivity contribution in [2.45, 2.75) is 19.4 Å². The van der Waals surface area contributed by atoms with E-state index in [2.05, 4.69) is 28.0 Å². The predicted octanol–water partition coefficient (Wildman–Crippen LogP) is 5.25. The Morgan fingerprint density at radius 2 is 1.29 bits per heavy atom. The number of hydrogen-bond donors (Lipinski definition) is 0. The number of aryl methyl sites for hydroxylation is 1. The molecule has 4 rings (SSSR count). The van der Waals surface area contributed by atoms with Crippen LogP contribution in [-0.2, 0) is 17.8 Å². The van der Waals surface area contributed by atoms with Crippen molar-refractivity contribution < 1.29 is 14.2 Å². The molecule has 180 valence electrons. The van der Waals surface area contributed by atoms with Gasteiger partial charge in [0.2, 0.25) is 0 Å². The van der Waals surface area contributed by atoms with Gasteiger partial charge in [-0.05, 0) is 49.2 Å². The van der Waals surface area contributed by atoms with Crippen molar-refractivity contribution in [3.8, 4) is 17.2 Å². The Kier molecular flexibility index (Phi) is 9.38. The Balaban J connectivity index is 1.12. The van der Waals surface area contributed by atoms with Gasteiger partial charge < -0.3 is 19.1 Å². The molecule has 0 aliphatic carbocycles. The smallest absolute Gasteiger partial charge is 0.132 e. The van der Waals surface area contributed by atoms with Gasteiger partial charge in [-0.25, -0.2) is 0 Å². The monoisotopic (exact) mass is 460 g/mol. The van der Waals surface area contributed by atoms with Crippen molar-refractivity contribution in [1.29, 1.82) is 0 Å². The summed E-state index contributed by atoms with van der Waals surface area (Å²) in [5, 5.41) is 0. The molecule has 0 saturated carbocycles. The van der Waals surface area contributed by atoms with E-state index in [1.807, 2.05) is 60.7 Å². The molecule has 1 heterocycles. The van der Waals surface area contributed by atoms with Crippen molar-refractivity contribution in [2.75, 3.05) is 53.0 Å². The van der Waals surface area contributed by atoms with Gasteiger partial charge in [0.25, 0.3) is 0 Å². The lowest BCUT2D eigenvalue weighted by atomic mass is 10.1. The summed E-state index contributed by atoms with van der Waals surface area (Å²) >= 11 is 0. The van der Waals surface area contributed by atoms with Crippen molar-refractivity contribution in [1.82, 2.24) is 9.80 Å². The zero-order valence-corrected chi connectivity index (χ0v) is 20.2. The number of benzene rings is 3. The average molecular weight is 461 g/mol. The molecule has 0 aromatic heterocycles. The summed E-state index contributed by atoms with van der Waals surface area (Å²) in [4.78, 5) is 5.08. The maximum Gasteiger partial charge on any atom is 0.132 e. The third kappa shape index (κ3) is 7.32. The van der Waals surface area contributed by atoms with E-state index < -0.39 is 0 Å². The molecular formula is C29H36N2O3. The zero-order chi connectivity index (χ0) is 23.4. The molecule has 5 nitrogen and oxygen atoms in total. The molecule has 0 N–H and O–H groups in total. The molecule has 3 aromatic carbocycles. The number of para-hydroxylation sites is 3. The predicted molar refractivity (Wildman–Crippen MR) is 137 cm³/mol. The molecule has 0 bridgehead atoms. The van der Waals surface area contributed by atoms with Crippen LogP contribution in [0, 0.1) is 0 Å². The normalized spacial score (nSPS) is 14.7. The molecule has 0 amide bonds. The van der Waals surface area contributed by atoms with Gasteiger partial charge in [-0.1, -0.05) is 54.6 Å². The summed E-state index contributed by atoms with van der Waals surface area (Å²) in [6, 6.07) is 26.3. The number of methoxy groups -OCH3 is 1. The minimum atomic E-state index is 0.561. The highest BCUT2D eigenvalue weighted by molar-refractivity contribution is 5.37. The lowest BCUT2D eigenvalue weighted by Crippen LogP contribution is -2.47. The third-order valence-corrected chi connectivity index (χ3v) is 6.33. The SMILES string of the molecule is COc1ccccc1CCCN1CCN(CCOCc2ccccc2Oc2ccccc2)CC1. The van der Waals surface area contributed by atoms with Gasteiger partial charge in [0, 0.05) is 38.3 Å². The lowest BCUT2D eigenvalue weighted by Gasteiger charge is -2.34. The Morgan fingerprint density at radius 3 is 2.03 bits per heavy atom. The van der Waals surface area contributed by atoms with Crippen LogP contribution in [0.1, 0.15) is 17.5 Å². The molecule has 0 unspecified atom stereocenters. The fraction of sp³-hybridized carbons (Fsp3) is 0.379. The largest absolute Gasteiger partial charge is 0.496 e. The molecule has 34 heavy (non-hydrogen) atoms. The second kappa shape index (κ2) is 13.1. The van der Waals surface area contributed by atoms with Crippen LogP contribution >= 0.6 is 0 Å². The van der Waals surface area contributed by atoms with Crippen molar-refractivity contribution in [3.63, 3.8) is 0 Å². The number of rotatable bonds is 12. The molecule has 1 aliphatic heterocycles. The highest BCUT2D eigenvalue weighted by atomic mass is 16.5. The molecule has 5 heteroatoms. The molecular weight excluding hydrogens is 424 g/mol. The van der Waals surface area contributed by atoms with Crippen LogP contribution < -0.4 is 9.47 Å². The van der Waals surface area contributed by atoms with Gasteiger partial charge in [-0.15, -0.1) is 0 Å². The molecule has 1 fully saturated rings. The van der Waals surface area contributed by atoms with E-state index in [1.165, 1.54) is 5.56 Å². The van der Waals surface area contributed by atoms with E-state index in [0.717, 1.165) is 81.5 Å². The highest BCUT2D eigenvalue weighted by Gasteiger charge is 2.16. The first-order chi connectivity index (χ1) is 16.8. The number of ether oxygens (including phenoxy) is 3. The number of piperazine rings is 1. The maximum absolute atomic E-state index is 6.04. The summed E-state index contributed by atoms with van der Waals surface area (Å²) < 4.78 is 17.5. The molecule has 0 atom stereocenters. The summed E-state index contributed by atoms with van der Waals surface area (Å²) in [5.41, 5.74) is 2.38. The summed E-state index contributed by atoms with van der Waals surface area (Å²) in [6.45, 7) is 7.85. The minimum absolute atomic E-state index is 0.561. The lowest BCUT2D eigenvalue weighted by molar-refractivity contribution is 0.0676. The van der Waals surface area contributed by atoms with Gasteiger partial charge >= 0.3 is 0 Å². The van der Waals surface area contributed by atoms with Crippen LogP contribution in [-0.4, -0.2) is 62.8 Å². The van der Waals surface area contributed by atoms with Gasteiger partial charge in [0.1, 0.15) is 17.2 Å². The number of hydrogen-bond acceptors (Lipinski definition) is 5. The van der Waals surface area contributed by atoms with Crippen LogP contribution in [0.2, 0.25) is 0 Å². The third-order valence-electron chi connectivity index (χ3n) is 6.33. The Morgan fingerprint density at radius 1 is 0.676 bits per heavy atom. The summed E-state index contributed by atoms with van der Waals surface area (Å²) in [7, 11) is 1.75. The fourth-order valence-corrected chi connectivity index (χ4v) is 4.35. The first-order valence-corrected chi connectivity index (χ1v) is 12.3. The van der Waals surface area contributed by atoms with E-state index in [9.17, 15) is 0 Å². The van der Waals surface area contributed by atoms with Gasteiger partial charge in [-0.2, -0.15) is 0 Å². The van der Waals surface area contributed by atoms with Crippen LogP contribution in [0.25, 0.3) is 0 Å². The van der Waals surface area contributed by atoms with Crippen LogP contribution in [0.15, 0.2) is 78.9 Å². The van der Waals surface area contributed by atoms with Gasteiger partial charge in [-0.3, -0.25) is 4.90 Å². The van der Waals surface area contributed by atoms with E-state index in [0.29, 0.717) is 6.61 Å². The maximum atomic E-state index is 6.04. The zero-order valence-electron chi connectivity index (χ0n) is 20.2. The van der Waals surface area contributed by atoms with Crippen molar-refractivity contribution in [3.05, 3.63) is 90.0 Å². The van der Waals surface area contributed by atoms with Crippen LogP contribution in [0.5, 0.6) is 17.2 Å². The topological polar surface area (TPSA) is 34.2 Å². The van der Waals surface area contributed by atoms with E-state index in [4.69, 9.17) is 14.2 Å². The summed E-state index contributed by atoms with van der Waals surface area (Å²) in [5.74, 6) is 2.70. The quantitative estimate of drug-likeness (QED) is 0.345. The molecule has 0 radical (unpaired) electrons. The van der Waals surface area contributed by atoms with E-state index in [1.54, 1.807) is 7.11 Å². The van der Waals surface area contributed by atoms with Crippen LogP contribution in [0.4, 0.5) is 0 Å². The standard InChI is InChI=1S/C29H36N2O3/c1-32-28-15-7-5-10-25(28)12-9-17-30-18-20-31(21-19-30)22-23-33-24-26-11-6-8-16-29(26)34-27-13-3-2-4-14-27/h2-8,10-11,13-16H,9,12,17-24H2,1H3. The highest BCUT2D eigenvalue weighted by Crippen LogP contribution is 2.25. The molecule has 0 spiro atoms. The molecule has 3 aromatic rings. The minimum Gasteiger partial charge on any atom is -0.496 e. The van der Waals surface area contributed by atoms with Crippen molar-refractivity contribution in [2.24, 2.45) is 0 Å². The fourth-order valence-electron chi connectivity index (χ4n) is 4.35. The van der Waals surface area contributed by atoms with Crippen LogP contribution in [0.3, 0.4) is 0 Å². The van der Waals surface area contributed by atoms with E-state index >= 15 is 0 Å². The second-order valence-corrected chi connectivity index (χ2v) is 8.67. The molecule has 1 aliphatic rings. The Hall–Kier alpha value is -2.86. The first-order valence-electron chi connectivity index (χ1n) is 12.3. The first kappa shape index (κ1) is 24.3. The molecule has 1 saturated heterocycles. The Labute approximate surface area is 203 Å². The van der Waals surface area contributed by atoms with Gasteiger partial charge in [0.15, 0.2) is 0 Å². The Bertz CT molecular complexity index is 987. The van der Waals surface area contributed by atoms with Gasteiger partial charge in [0.05, 0.1) is 20.3 Å². The van der Waals surface area contributed by atoms with E-state index in [-0.39, 0.29) is 0 Å². The summed E-state index contributed by atoms with van der Waals surface area (Å²) in [6.07, 6.45) is 2.22. The number of nitrogens with zero attached hydrogens (tertiary/aromatic N) is 2. The average Bonchev–Trinajstić information content (AvgIpc) is 2.89. The van der Waals surface area contributed by atoms with Crippen molar-refractivity contribution >= 4 is 0 Å². The second-order valence-electron chi connectivity index (χ2n) is 8.67.